The molecular weight excluding hydrogens is 248 g/mol. The molecule has 0 aliphatic heterocycles. The highest BCUT2D eigenvalue weighted by Gasteiger charge is 2.14. The normalized spacial score (nSPS) is 12.6. The van der Waals surface area contributed by atoms with Crippen molar-refractivity contribution in [2.45, 2.75) is 38.5 Å². The number of aromatic nitrogens is 2. The molecule has 18 heavy (non-hydrogen) atoms. The molecular formula is C14H17ClN2O. The van der Waals surface area contributed by atoms with Crippen LogP contribution in [0.5, 0.6) is 0 Å². The van der Waals surface area contributed by atoms with E-state index in [1.54, 1.807) is 0 Å². The molecule has 0 bridgehead atoms. The lowest BCUT2D eigenvalue weighted by Gasteiger charge is -1.99. The number of alkyl halides is 1. The molecule has 0 saturated heterocycles. The van der Waals surface area contributed by atoms with Gasteiger partial charge in [-0.15, -0.1) is 11.6 Å². The number of rotatable bonds is 5. The van der Waals surface area contributed by atoms with Crippen LogP contribution in [0.3, 0.4) is 0 Å². The molecule has 0 spiro atoms. The maximum absolute atomic E-state index is 6.16. The molecule has 0 aliphatic carbocycles. The maximum atomic E-state index is 6.16. The van der Waals surface area contributed by atoms with E-state index in [-0.39, 0.29) is 5.38 Å². The predicted octanol–water partition coefficient (Wildman–Crippen LogP) is 4.05. The molecule has 4 heteroatoms. The minimum absolute atomic E-state index is 0.148. The zero-order chi connectivity index (χ0) is 13.0. The van der Waals surface area contributed by atoms with Crippen LogP contribution < -0.4 is 0 Å². The van der Waals surface area contributed by atoms with E-state index in [0.29, 0.717) is 18.1 Å². The van der Waals surface area contributed by atoms with Gasteiger partial charge in [0.1, 0.15) is 0 Å². The number of nitrogens with zero attached hydrogens (tertiary/aromatic N) is 2. The molecule has 1 atom stereocenters. The van der Waals surface area contributed by atoms with Crippen LogP contribution in [-0.4, -0.2) is 10.1 Å². The Morgan fingerprint density at radius 2 is 2.00 bits per heavy atom. The zero-order valence-corrected chi connectivity index (χ0v) is 11.4. The van der Waals surface area contributed by atoms with E-state index in [4.69, 9.17) is 16.1 Å². The van der Waals surface area contributed by atoms with Crippen molar-refractivity contribution in [3.05, 3.63) is 47.1 Å². The van der Waals surface area contributed by atoms with Crippen molar-refractivity contribution in [2.75, 3.05) is 0 Å². The highest BCUT2D eigenvalue weighted by molar-refractivity contribution is 6.20. The summed E-state index contributed by atoms with van der Waals surface area (Å²) in [4.78, 5) is 4.34. The fraction of sp³-hybridized carbons (Fsp3) is 0.429. The fourth-order valence-corrected chi connectivity index (χ4v) is 2.04. The first kappa shape index (κ1) is 13.1. The van der Waals surface area contributed by atoms with Gasteiger partial charge in [-0.3, -0.25) is 0 Å². The first-order valence-electron chi connectivity index (χ1n) is 6.21. The van der Waals surface area contributed by atoms with Crippen molar-refractivity contribution >= 4 is 11.6 Å². The second-order valence-corrected chi connectivity index (χ2v) is 4.99. The number of aryl methyl sites for hydroxylation is 1. The van der Waals surface area contributed by atoms with Crippen molar-refractivity contribution < 1.29 is 4.52 Å². The first-order chi connectivity index (χ1) is 8.69. The van der Waals surface area contributed by atoms with Crippen molar-refractivity contribution in [2.24, 2.45) is 0 Å². The zero-order valence-electron chi connectivity index (χ0n) is 10.7. The molecule has 0 N–H and O–H groups in total. The third-order valence-electron chi connectivity index (χ3n) is 2.78. The van der Waals surface area contributed by atoms with E-state index < -0.39 is 0 Å². The van der Waals surface area contributed by atoms with Crippen LogP contribution >= 0.6 is 11.6 Å². The quantitative estimate of drug-likeness (QED) is 0.765. The molecule has 0 amide bonds. The molecule has 96 valence electrons. The predicted molar refractivity (Wildman–Crippen MR) is 71.8 cm³/mol. The molecule has 0 aliphatic rings. The summed E-state index contributed by atoms with van der Waals surface area (Å²) in [5, 5.41) is 3.78. The Kier molecular flexibility index (Phi) is 4.37. The lowest BCUT2D eigenvalue weighted by Crippen LogP contribution is -1.94. The Morgan fingerprint density at radius 3 is 2.67 bits per heavy atom. The number of hydrogen-bond acceptors (Lipinski definition) is 3. The first-order valence-corrected chi connectivity index (χ1v) is 6.64. The molecule has 2 aromatic rings. The summed E-state index contributed by atoms with van der Waals surface area (Å²) in [6.45, 7) is 4.15. The number of benzene rings is 1. The van der Waals surface area contributed by atoms with Gasteiger partial charge in [0.25, 0.3) is 0 Å². The second kappa shape index (κ2) is 6.01. The van der Waals surface area contributed by atoms with Crippen molar-refractivity contribution in [1.82, 2.24) is 10.1 Å². The van der Waals surface area contributed by atoms with E-state index in [9.17, 15) is 0 Å². The van der Waals surface area contributed by atoms with Crippen LogP contribution in [0.25, 0.3) is 0 Å². The van der Waals surface area contributed by atoms with Crippen LogP contribution in [0, 0.1) is 6.92 Å². The Bertz CT molecular complexity index is 493. The topological polar surface area (TPSA) is 38.9 Å². The molecule has 2 rings (SSSR count). The summed E-state index contributed by atoms with van der Waals surface area (Å²) in [5.41, 5.74) is 2.41. The van der Waals surface area contributed by atoms with Gasteiger partial charge in [-0.25, -0.2) is 0 Å². The SMILES string of the molecule is CCCC(Cl)c1noc(Cc2ccc(C)cc2)n1. The van der Waals surface area contributed by atoms with E-state index >= 15 is 0 Å². The summed E-state index contributed by atoms with van der Waals surface area (Å²) >= 11 is 6.16. The Hall–Kier alpha value is -1.35. The average Bonchev–Trinajstić information content (AvgIpc) is 2.81. The van der Waals surface area contributed by atoms with Gasteiger partial charge >= 0.3 is 0 Å². The van der Waals surface area contributed by atoms with Gasteiger partial charge in [-0.05, 0) is 18.9 Å². The van der Waals surface area contributed by atoms with Gasteiger partial charge < -0.3 is 4.52 Å². The number of halogens is 1. The van der Waals surface area contributed by atoms with Gasteiger partial charge in [0.2, 0.25) is 5.89 Å². The van der Waals surface area contributed by atoms with E-state index in [0.717, 1.165) is 18.4 Å². The van der Waals surface area contributed by atoms with Crippen LogP contribution in [-0.2, 0) is 6.42 Å². The lowest BCUT2D eigenvalue weighted by atomic mass is 10.1. The average molecular weight is 265 g/mol. The molecule has 1 aromatic heterocycles. The highest BCUT2D eigenvalue weighted by atomic mass is 35.5. The third-order valence-corrected chi connectivity index (χ3v) is 3.20. The van der Waals surface area contributed by atoms with Crippen LogP contribution in [0.1, 0.15) is 48.0 Å². The minimum atomic E-state index is -0.148. The van der Waals surface area contributed by atoms with Crippen molar-refractivity contribution in [3.8, 4) is 0 Å². The molecule has 0 radical (unpaired) electrons. The second-order valence-electron chi connectivity index (χ2n) is 4.46. The summed E-state index contributed by atoms with van der Waals surface area (Å²) in [5.74, 6) is 1.22. The third kappa shape index (κ3) is 3.33. The van der Waals surface area contributed by atoms with E-state index in [1.165, 1.54) is 5.56 Å². The van der Waals surface area contributed by atoms with Gasteiger partial charge in [-0.1, -0.05) is 48.3 Å². The molecule has 0 saturated carbocycles. The van der Waals surface area contributed by atoms with Gasteiger partial charge in [0.05, 0.1) is 11.8 Å². The highest BCUT2D eigenvalue weighted by Crippen LogP contribution is 2.23. The summed E-state index contributed by atoms with van der Waals surface area (Å²) in [7, 11) is 0. The fourth-order valence-electron chi connectivity index (χ4n) is 1.73. The monoisotopic (exact) mass is 264 g/mol. The molecule has 1 unspecified atom stereocenters. The van der Waals surface area contributed by atoms with Crippen LogP contribution in [0.2, 0.25) is 0 Å². The Balaban J connectivity index is 2.04. The standard InChI is InChI=1S/C14H17ClN2O/c1-3-4-12(15)14-16-13(18-17-14)9-11-7-5-10(2)6-8-11/h5-8,12H,3-4,9H2,1-2H3. The van der Waals surface area contributed by atoms with Crippen molar-refractivity contribution in [3.63, 3.8) is 0 Å². The molecule has 1 heterocycles. The van der Waals surface area contributed by atoms with E-state index in [2.05, 4.69) is 48.3 Å². The molecule has 1 aromatic carbocycles. The van der Waals surface area contributed by atoms with E-state index in [1.807, 2.05) is 0 Å². The molecule has 3 nitrogen and oxygen atoms in total. The Labute approximate surface area is 112 Å². The van der Waals surface area contributed by atoms with Gasteiger partial charge in [0, 0.05) is 0 Å². The summed E-state index contributed by atoms with van der Waals surface area (Å²) < 4.78 is 5.22. The molecule has 0 fully saturated rings. The number of hydrogen-bond donors (Lipinski definition) is 0. The van der Waals surface area contributed by atoms with Crippen LogP contribution in [0.4, 0.5) is 0 Å². The Morgan fingerprint density at radius 1 is 1.28 bits per heavy atom. The summed E-state index contributed by atoms with van der Waals surface area (Å²) in [6.07, 6.45) is 2.53. The minimum Gasteiger partial charge on any atom is -0.339 e. The van der Waals surface area contributed by atoms with Gasteiger partial charge in [-0.2, -0.15) is 4.98 Å². The maximum Gasteiger partial charge on any atom is 0.231 e. The van der Waals surface area contributed by atoms with Gasteiger partial charge in [0.15, 0.2) is 5.82 Å². The largest absolute Gasteiger partial charge is 0.339 e. The summed E-state index contributed by atoms with van der Waals surface area (Å²) in [6, 6.07) is 8.30. The lowest BCUT2D eigenvalue weighted by molar-refractivity contribution is 0.378. The van der Waals surface area contributed by atoms with Crippen molar-refractivity contribution in [1.29, 1.82) is 0 Å². The van der Waals surface area contributed by atoms with Crippen LogP contribution in [0.15, 0.2) is 28.8 Å². The smallest absolute Gasteiger partial charge is 0.231 e.